The van der Waals surface area contributed by atoms with Gasteiger partial charge in [-0.25, -0.2) is 4.98 Å². The minimum atomic E-state index is -0.730. The highest BCUT2D eigenvalue weighted by Crippen LogP contribution is 2.40. The van der Waals surface area contributed by atoms with Gasteiger partial charge >= 0.3 is 0 Å². The van der Waals surface area contributed by atoms with E-state index < -0.39 is 23.5 Å². The fourth-order valence-corrected chi connectivity index (χ4v) is 4.60. The van der Waals surface area contributed by atoms with Crippen LogP contribution in [0.3, 0.4) is 0 Å². The summed E-state index contributed by atoms with van der Waals surface area (Å²) in [5, 5.41) is 13.7. The fourth-order valence-electron chi connectivity index (χ4n) is 3.73. The van der Waals surface area contributed by atoms with E-state index in [1.807, 2.05) is 27.1 Å². The molecule has 30 heavy (non-hydrogen) atoms. The number of hydrogen-bond acceptors (Lipinski definition) is 6. The maximum Gasteiger partial charge on any atom is 0.239 e. The number of quaternary nitrogens is 1. The summed E-state index contributed by atoms with van der Waals surface area (Å²) in [6, 6.07) is 6.46. The third-order valence-corrected chi connectivity index (χ3v) is 6.20. The fraction of sp³-hybridized carbons (Fsp3) is 0.409. The van der Waals surface area contributed by atoms with Gasteiger partial charge in [0.1, 0.15) is 5.75 Å². The van der Waals surface area contributed by atoms with E-state index in [1.165, 1.54) is 21.1 Å². The predicted octanol–water partition coefficient (Wildman–Crippen LogP) is 0.684. The van der Waals surface area contributed by atoms with E-state index in [-0.39, 0.29) is 5.57 Å². The number of carbonyl (C=O) groups is 2. The topological polar surface area (TPSA) is 87.0 Å². The van der Waals surface area contributed by atoms with Crippen LogP contribution in [0.4, 0.5) is 0 Å². The first kappa shape index (κ1) is 22.0. The molecule has 1 N–H and O–H groups in total. The minimum Gasteiger partial charge on any atom is -0.868 e. The van der Waals surface area contributed by atoms with E-state index in [4.69, 9.17) is 4.74 Å². The number of rotatable bonds is 8. The van der Waals surface area contributed by atoms with Gasteiger partial charge in [0.2, 0.25) is 11.7 Å². The molecule has 1 aromatic carbocycles. The van der Waals surface area contributed by atoms with Gasteiger partial charge in [-0.3, -0.25) is 9.59 Å². The van der Waals surface area contributed by atoms with Crippen LogP contribution in [0.1, 0.15) is 38.4 Å². The summed E-state index contributed by atoms with van der Waals surface area (Å²) < 4.78 is 5.32. The number of carbonyl (C=O) groups excluding carboxylic acids is 2. The van der Waals surface area contributed by atoms with E-state index in [0.29, 0.717) is 28.4 Å². The average Bonchev–Trinajstić information content (AvgIpc) is 3.17. The van der Waals surface area contributed by atoms with E-state index in [9.17, 15) is 14.7 Å². The standard InChI is InChI=1S/C22H27N3O4S/c1-13-21(30-14(2)23-13)19(26)17-18(15-8-6-9-16(12-15)29-5)25(22(28)20(17)27)11-7-10-24(3)4/h6,8-9,12,18,27H,7,10-11H2,1-5H3. The Balaban J connectivity index is 2.06. The summed E-state index contributed by atoms with van der Waals surface area (Å²) in [4.78, 5) is 33.8. The lowest BCUT2D eigenvalue weighted by molar-refractivity contribution is -0.858. The zero-order valence-electron chi connectivity index (χ0n) is 17.9. The zero-order valence-corrected chi connectivity index (χ0v) is 18.8. The molecule has 1 aliphatic heterocycles. The molecule has 0 saturated carbocycles. The van der Waals surface area contributed by atoms with Crippen molar-refractivity contribution in [2.45, 2.75) is 26.3 Å². The van der Waals surface area contributed by atoms with Crippen LogP contribution in [-0.4, -0.2) is 55.9 Å². The molecule has 0 fully saturated rings. The Morgan fingerprint density at radius 2 is 2.07 bits per heavy atom. The van der Waals surface area contributed by atoms with Gasteiger partial charge in [-0.05, 0) is 37.3 Å². The van der Waals surface area contributed by atoms with Crippen LogP contribution < -0.4 is 14.7 Å². The zero-order chi connectivity index (χ0) is 22.0. The highest BCUT2D eigenvalue weighted by atomic mass is 32.1. The summed E-state index contributed by atoms with van der Waals surface area (Å²) in [7, 11) is 5.62. The molecule has 160 valence electrons. The lowest BCUT2D eigenvalue weighted by Crippen LogP contribution is -3.05. The Morgan fingerprint density at radius 1 is 1.33 bits per heavy atom. The van der Waals surface area contributed by atoms with Crippen molar-refractivity contribution in [2.24, 2.45) is 0 Å². The van der Waals surface area contributed by atoms with Crippen LogP contribution in [0.2, 0.25) is 0 Å². The van der Waals surface area contributed by atoms with Gasteiger partial charge in [-0.15, -0.1) is 11.3 Å². The number of nitrogens with zero attached hydrogens (tertiary/aromatic N) is 2. The number of hydrogen-bond donors (Lipinski definition) is 1. The van der Waals surface area contributed by atoms with Gasteiger partial charge in [0, 0.05) is 18.5 Å². The third kappa shape index (κ3) is 4.24. The second-order valence-corrected chi connectivity index (χ2v) is 8.91. The Bertz CT molecular complexity index is 996. The number of ketones is 1. The average molecular weight is 430 g/mol. The largest absolute Gasteiger partial charge is 0.868 e. The van der Waals surface area contributed by atoms with Gasteiger partial charge in [0.25, 0.3) is 0 Å². The van der Waals surface area contributed by atoms with Gasteiger partial charge < -0.3 is 19.6 Å². The molecule has 1 unspecified atom stereocenters. The molecular formula is C22H27N3O4S. The molecule has 8 heteroatoms. The molecule has 1 aliphatic rings. The van der Waals surface area contributed by atoms with Crippen molar-refractivity contribution in [1.29, 1.82) is 0 Å². The number of thiazole rings is 1. The maximum absolute atomic E-state index is 13.4. The second kappa shape index (κ2) is 8.97. The molecule has 2 heterocycles. The SMILES string of the molecule is COc1cccc(C2C(C(=O)c3sc(C)nc3C)=C([O-])C(=O)N2CCC[NH+](C)C)c1. The lowest BCUT2D eigenvalue weighted by atomic mass is 9.95. The number of amides is 1. The lowest BCUT2D eigenvalue weighted by Gasteiger charge is -2.28. The molecule has 0 bridgehead atoms. The first-order chi connectivity index (χ1) is 14.2. The molecular weight excluding hydrogens is 402 g/mol. The van der Waals surface area contributed by atoms with E-state index >= 15 is 0 Å². The molecule has 1 atom stereocenters. The summed E-state index contributed by atoms with van der Waals surface area (Å²) in [6.45, 7) is 4.81. The van der Waals surface area contributed by atoms with Crippen LogP contribution in [0.15, 0.2) is 35.6 Å². The summed E-state index contributed by atoms with van der Waals surface area (Å²) in [6.07, 6.45) is 0.724. The molecule has 2 aromatic rings. The van der Waals surface area contributed by atoms with E-state index in [0.717, 1.165) is 18.0 Å². The second-order valence-electron chi connectivity index (χ2n) is 7.71. The highest BCUT2D eigenvalue weighted by molar-refractivity contribution is 7.14. The predicted molar refractivity (Wildman–Crippen MR) is 113 cm³/mol. The molecule has 3 rings (SSSR count). The van der Waals surface area contributed by atoms with Crippen molar-refractivity contribution in [2.75, 3.05) is 34.3 Å². The Morgan fingerprint density at radius 3 is 2.67 bits per heavy atom. The van der Waals surface area contributed by atoms with E-state index in [2.05, 4.69) is 4.98 Å². The molecule has 0 aliphatic carbocycles. The number of nitrogens with one attached hydrogen (secondary N) is 1. The quantitative estimate of drug-likeness (QED) is 0.624. The van der Waals surface area contributed by atoms with Gasteiger partial charge in [0.05, 0.1) is 49.4 Å². The van der Waals surface area contributed by atoms with Crippen LogP contribution in [-0.2, 0) is 4.79 Å². The molecule has 1 amide bonds. The first-order valence-electron chi connectivity index (χ1n) is 9.88. The third-order valence-electron chi connectivity index (χ3n) is 5.12. The normalized spacial score (nSPS) is 16.7. The summed E-state index contributed by atoms with van der Waals surface area (Å²) in [5.74, 6) is -1.16. The number of ether oxygens (including phenoxy) is 1. The minimum absolute atomic E-state index is 0.00259. The van der Waals surface area contributed by atoms with E-state index in [1.54, 1.807) is 32.2 Å². The van der Waals surface area contributed by atoms with Crippen molar-refractivity contribution in [1.82, 2.24) is 9.88 Å². The smallest absolute Gasteiger partial charge is 0.239 e. The number of Topliss-reactive ketones (excluding diaryl/α,β-unsaturated/α-hetero) is 1. The van der Waals surface area contributed by atoms with Crippen LogP contribution in [0, 0.1) is 13.8 Å². The number of aromatic nitrogens is 1. The highest BCUT2D eigenvalue weighted by Gasteiger charge is 2.40. The number of benzene rings is 1. The Labute approximate surface area is 180 Å². The number of aryl methyl sites for hydroxylation is 2. The summed E-state index contributed by atoms with van der Waals surface area (Å²) >= 11 is 1.25. The van der Waals surface area contributed by atoms with Crippen molar-refractivity contribution in [3.8, 4) is 5.75 Å². The van der Waals surface area contributed by atoms with Gasteiger partial charge in [-0.2, -0.15) is 0 Å². The van der Waals surface area contributed by atoms with Crippen molar-refractivity contribution >= 4 is 23.0 Å². The molecule has 0 radical (unpaired) electrons. The molecule has 0 spiro atoms. The van der Waals surface area contributed by atoms with Crippen molar-refractivity contribution < 1.29 is 24.3 Å². The van der Waals surface area contributed by atoms with Crippen molar-refractivity contribution in [3.05, 3.63) is 56.7 Å². The molecule has 0 saturated heterocycles. The van der Waals surface area contributed by atoms with Crippen LogP contribution >= 0.6 is 11.3 Å². The Hall–Kier alpha value is -2.71. The van der Waals surface area contributed by atoms with Crippen LogP contribution in [0.25, 0.3) is 0 Å². The first-order valence-corrected chi connectivity index (χ1v) is 10.7. The molecule has 7 nitrogen and oxygen atoms in total. The maximum atomic E-state index is 13.4. The Kier molecular flexibility index (Phi) is 6.58. The van der Waals surface area contributed by atoms with Gasteiger partial charge in [0.15, 0.2) is 0 Å². The van der Waals surface area contributed by atoms with Crippen LogP contribution in [0.5, 0.6) is 5.75 Å². The molecule has 1 aromatic heterocycles. The van der Waals surface area contributed by atoms with Gasteiger partial charge in [-0.1, -0.05) is 12.1 Å². The number of methoxy groups -OCH3 is 1. The van der Waals surface area contributed by atoms with Crippen molar-refractivity contribution in [3.63, 3.8) is 0 Å². The summed E-state index contributed by atoms with van der Waals surface area (Å²) in [5.41, 5.74) is 1.26. The monoisotopic (exact) mass is 429 g/mol.